The summed E-state index contributed by atoms with van der Waals surface area (Å²) in [5.41, 5.74) is 1.15. The van der Waals surface area contributed by atoms with E-state index in [0.29, 0.717) is 0 Å². The van der Waals surface area contributed by atoms with Crippen molar-refractivity contribution in [2.24, 2.45) is 0 Å². The van der Waals surface area contributed by atoms with Crippen LogP contribution in [0.3, 0.4) is 0 Å². The van der Waals surface area contributed by atoms with E-state index in [1.807, 2.05) is 18.2 Å². The van der Waals surface area contributed by atoms with Crippen LogP contribution < -0.4 is 5.32 Å². The summed E-state index contributed by atoms with van der Waals surface area (Å²) < 4.78 is 1.02. The molecule has 0 amide bonds. The van der Waals surface area contributed by atoms with Gasteiger partial charge < -0.3 is 5.32 Å². The first-order chi connectivity index (χ1) is 8.24. The summed E-state index contributed by atoms with van der Waals surface area (Å²) in [6.45, 7) is 1.87. The van der Waals surface area contributed by atoms with Crippen LogP contribution in [0, 0.1) is 0 Å². The highest BCUT2D eigenvalue weighted by molar-refractivity contribution is 9.10. The normalized spacial score (nSPS) is 10.8. The van der Waals surface area contributed by atoms with Gasteiger partial charge in [0.05, 0.1) is 0 Å². The van der Waals surface area contributed by atoms with E-state index in [1.165, 1.54) is 19.3 Å². The van der Waals surface area contributed by atoms with Crippen LogP contribution in [0.4, 0.5) is 0 Å². The molecule has 1 aromatic rings. The molecule has 0 fully saturated rings. The zero-order chi connectivity index (χ0) is 12.5. The van der Waals surface area contributed by atoms with E-state index in [0.717, 1.165) is 40.4 Å². The molecule has 0 aromatic heterocycles. The van der Waals surface area contributed by atoms with Crippen molar-refractivity contribution in [1.29, 1.82) is 0 Å². The number of benzene rings is 1. The second kappa shape index (κ2) is 9.21. The number of rotatable bonds is 8. The number of halogens is 3. The van der Waals surface area contributed by atoms with Gasteiger partial charge in [-0.2, -0.15) is 0 Å². The van der Waals surface area contributed by atoms with Gasteiger partial charge in [0, 0.05) is 21.9 Å². The van der Waals surface area contributed by atoms with Gasteiger partial charge in [0.2, 0.25) is 0 Å². The Kier molecular flexibility index (Phi) is 8.29. The van der Waals surface area contributed by atoms with Crippen LogP contribution in [0.25, 0.3) is 0 Å². The third kappa shape index (κ3) is 6.66. The largest absolute Gasteiger partial charge is 0.313 e. The lowest BCUT2D eigenvalue weighted by atomic mass is 10.2. The zero-order valence-electron chi connectivity index (χ0n) is 9.82. The molecule has 0 unspecified atom stereocenters. The molecule has 0 bridgehead atoms. The quantitative estimate of drug-likeness (QED) is 0.520. The van der Waals surface area contributed by atoms with E-state index in [1.54, 1.807) is 0 Å². The van der Waals surface area contributed by atoms with Crippen molar-refractivity contribution >= 4 is 39.1 Å². The van der Waals surface area contributed by atoms with Gasteiger partial charge in [-0.3, -0.25) is 0 Å². The molecule has 1 N–H and O–H groups in total. The minimum atomic E-state index is 0.780. The van der Waals surface area contributed by atoms with Crippen molar-refractivity contribution < 1.29 is 0 Å². The maximum absolute atomic E-state index is 6.13. The Bertz CT molecular complexity index is 331. The lowest BCUT2D eigenvalue weighted by Gasteiger charge is -2.07. The molecule has 0 aliphatic heterocycles. The number of nitrogens with one attached hydrogen (secondary N) is 1. The van der Waals surface area contributed by atoms with Gasteiger partial charge in [-0.25, -0.2) is 0 Å². The molecule has 4 heteroatoms. The Labute approximate surface area is 122 Å². The standard InChI is InChI=1S/C13H18BrCl2N/c14-12-6-5-11(13(16)9-12)10-17-8-4-2-1-3-7-15/h5-6,9,17H,1-4,7-8,10H2. The second-order valence-electron chi connectivity index (χ2n) is 4.02. The molecule has 0 heterocycles. The molecule has 0 radical (unpaired) electrons. The number of hydrogen-bond donors (Lipinski definition) is 1. The zero-order valence-corrected chi connectivity index (χ0v) is 12.9. The lowest BCUT2D eigenvalue weighted by Crippen LogP contribution is -2.14. The highest BCUT2D eigenvalue weighted by atomic mass is 79.9. The van der Waals surface area contributed by atoms with Crippen LogP contribution in [0.5, 0.6) is 0 Å². The van der Waals surface area contributed by atoms with Gasteiger partial charge in [0.25, 0.3) is 0 Å². The molecule has 96 valence electrons. The lowest BCUT2D eigenvalue weighted by molar-refractivity contribution is 0.599. The summed E-state index contributed by atoms with van der Waals surface area (Å²) in [5, 5.41) is 4.22. The highest BCUT2D eigenvalue weighted by Crippen LogP contribution is 2.21. The molecule has 0 spiro atoms. The summed E-state index contributed by atoms with van der Waals surface area (Å²) in [4.78, 5) is 0. The van der Waals surface area contributed by atoms with Crippen LogP contribution in [-0.2, 0) is 6.54 Å². The smallest absolute Gasteiger partial charge is 0.0462 e. The Balaban J connectivity index is 2.14. The van der Waals surface area contributed by atoms with Gasteiger partial charge in [0.15, 0.2) is 0 Å². The predicted molar refractivity (Wildman–Crippen MR) is 80.0 cm³/mol. The maximum Gasteiger partial charge on any atom is 0.0462 e. The average molecular weight is 339 g/mol. The van der Waals surface area contributed by atoms with Crippen LogP contribution in [0.2, 0.25) is 5.02 Å². The predicted octanol–water partition coefficient (Wildman–Crippen LogP) is 4.99. The second-order valence-corrected chi connectivity index (χ2v) is 5.72. The van der Waals surface area contributed by atoms with E-state index in [2.05, 4.69) is 21.2 Å². The van der Waals surface area contributed by atoms with Gasteiger partial charge in [-0.1, -0.05) is 46.4 Å². The summed E-state index contributed by atoms with van der Waals surface area (Å²) in [6.07, 6.45) is 4.79. The van der Waals surface area contributed by atoms with Crippen molar-refractivity contribution in [3.63, 3.8) is 0 Å². The van der Waals surface area contributed by atoms with E-state index < -0.39 is 0 Å². The fraction of sp³-hybridized carbons (Fsp3) is 0.538. The summed E-state index contributed by atoms with van der Waals surface area (Å²) in [5.74, 6) is 0.780. The third-order valence-electron chi connectivity index (χ3n) is 2.57. The van der Waals surface area contributed by atoms with E-state index in [9.17, 15) is 0 Å². The topological polar surface area (TPSA) is 12.0 Å². The van der Waals surface area contributed by atoms with E-state index in [-0.39, 0.29) is 0 Å². The summed E-state index contributed by atoms with van der Waals surface area (Å²) in [7, 11) is 0. The van der Waals surface area contributed by atoms with Crippen molar-refractivity contribution in [3.05, 3.63) is 33.3 Å². The molecule has 0 saturated heterocycles. The summed E-state index contributed by atoms with van der Waals surface area (Å²) in [6, 6.07) is 6.00. The first-order valence-electron chi connectivity index (χ1n) is 5.94. The molecule has 17 heavy (non-hydrogen) atoms. The minimum Gasteiger partial charge on any atom is -0.313 e. The van der Waals surface area contributed by atoms with Gasteiger partial charge in [-0.05, 0) is 37.1 Å². The first-order valence-corrected chi connectivity index (χ1v) is 7.65. The SMILES string of the molecule is ClCCCCCCNCc1ccc(Br)cc1Cl. The Hall–Kier alpha value is 0.240. The molecule has 0 aliphatic rings. The fourth-order valence-electron chi connectivity index (χ4n) is 1.59. The summed E-state index contributed by atoms with van der Waals surface area (Å²) >= 11 is 15.1. The van der Waals surface area contributed by atoms with Crippen molar-refractivity contribution in [1.82, 2.24) is 5.32 Å². The molecular formula is C13H18BrCl2N. The van der Waals surface area contributed by atoms with Crippen LogP contribution in [-0.4, -0.2) is 12.4 Å². The van der Waals surface area contributed by atoms with Crippen LogP contribution >= 0.6 is 39.1 Å². The minimum absolute atomic E-state index is 0.780. The van der Waals surface area contributed by atoms with Gasteiger partial charge in [0.1, 0.15) is 0 Å². The number of hydrogen-bond acceptors (Lipinski definition) is 1. The van der Waals surface area contributed by atoms with Crippen LogP contribution in [0.1, 0.15) is 31.2 Å². The maximum atomic E-state index is 6.13. The Morgan fingerprint density at radius 3 is 2.59 bits per heavy atom. The molecule has 1 rings (SSSR count). The number of alkyl halides is 1. The van der Waals surface area contributed by atoms with Crippen LogP contribution in [0.15, 0.2) is 22.7 Å². The molecule has 0 saturated carbocycles. The van der Waals surface area contributed by atoms with E-state index >= 15 is 0 Å². The Morgan fingerprint density at radius 2 is 1.88 bits per heavy atom. The fourth-order valence-corrected chi connectivity index (χ4v) is 2.52. The Morgan fingerprint density at radius 1 is 1.12 bits per heavy atom. The molecule has 0 atom stereocenters. The molecule has 1 aromatic carbocycles. The molecule has 0 aliphatic carbocycles. The third-order valence-corrected chi connectivity index (χ3v) is 3.68. The van der Waals surface area contributed by atoms with Gasteiger partial charge >= 0.3 is 0 Å². The molecule has 1 nitrogen and oxygen atoms in total. The van der Waals surface area contributed by atoms with Crippen molar-refractivity contribution in [3.8, 4) is 0 Å². The molecular weight excluding hydrogens is 321 g/mol. The van der Waals surface area contributed by atoms with Crippen molar-refractivity contribution in [2.45, 2.75) is 32.2 Å². The number of unbranched alkanes of at least 4 members (excludes halogenated alkanes) is 3. The highest BCUT2D eigenvalue weighted by Gasteiger charge is 2.00. The first kappa shape index (κ1) is 15.3. The van der Waals surface area contributed by atoms with Gasteiger partial charge in [-0.15, -0.1) is 11.6 Å². The average Bonchev–Trinajstić information content (AvgIpc) is 2.30. The van der Waals surface area contributed by atoms with Crippen molar-refractivity contribution in [2.75, 3.05) is 12.4 Å². The monoisotopic (exact) mass is 337 g/mol. The van der Waals surface area contributed by atoms with E-state index in [4.69, 9.17) is 23.2 Å².